The molecule has 0 bridgehead atoms. The average Bonchev–Trinajstić information content (AvgIpc) is 0.507. The zero-order chi connectivity index (χ0) is 78.9. The molecule has 2 rings (SSSR count). The third-order valence-electron chi connectivity index (χ3n) is 24.7. The Balaban J connectivity index is 0.0000627. The van der Waals surface area contributed by atoms with E-state index in [2.05, 4.69) is 113 Å². The van der Waals surface area contributed by atoms with E-state index in [1.165, 1.54) is 505 Å². The van der Waals surface area contributed by atoms with Gasteiger partial charge in [0.05, 0.1) is 22.8 Å². The Kier molecular flexibility index (Phi) is 89.0. The van der Waals surface area contributed by atoms with Crippen LogP contribution in [0.1, 0.15) is 572 Å². The van der Waals surface area contributed by atoms with Crippen molar-refractivity contribution in [2.45, 2.75) is 573 Å². The SMILES string of the molecule is CCCCCCCCCCCCCCCCCCCCCCCC/C=C/CCCc1ccccc1N=C(/C=C/CCCCCCCCCCCCCCCCCCCCCCCCCCC)C(CCCCCCCC)=Nc1ccccc1CCC/C=C/CCCCCCCCCCCCCCCCCCCCCCCC.[Pd+2]. The maximum Gasteiger partial charge on any atom is 2.00 e. The molecule has 0 saturated carbocycles. The molecule has 0 spiro atoms. The Morgan fingerprint density at radius 1 is 0.205 bits per heavy atom. The number of hydrogen-bond acceptors (Lipinski definition) is 2. The smallest absolute Gasteiger partial charge is 0.251 e. The summed E-state index contributed by atoms with van der Waals surface area (Å²) >= 11 is 0. The number of hydrogen-bond donors (Lipinski definition) is 0. The zero-order valence-corrected chi connectivity index (χ0v) is 78.0. The molecule has 650 valence electrons. The fourth-order valence-corrected chi connectivity index (χ4v) is 17.1. The predicted octanol–water partition coefficient (Wildman–Crippen LogP) is 39.7. The predicted molar refractivity (Wildman–Crippen MR) is 508 cm³/mol. The normalized spacial score (nSPS) is 12.2. The number of rotatable bonds is 91. The van der Waals surface area contributed by atoms with Gasteiger partial charge in [-0.05, 0) is 119 Å². The van der Waals surface area contributed by atoms with E-state index in [-0.39, 0.29) is 20.4 Å². The first-order valence-corrected chi connectivity index (χ1v) is 51.5. The van der Waals surface area contributed by atoms with Crippen molar-refractivity contribution in [3.8, 4) is 0 Å². The van der Waals surface area contributed by atoms with Crippen LogP contribution < -0.4 is 0 Å². The molecule has 0 unspecified atom stereocenters. The summed E-state index contributed by atoms with van der Waals surface area (Å²) in [6.45, 7) is 9.29. The number of para-hydroxylation sites is 2. The average molecular weight is 1640 g/mol. The summed E-state index contributed by atoms with van der Waals surface area (Å²) in [6, 6.07) is 18.2. The molecule has 0 aromatic heterocycles. The van der Waals surface area contributed by atoms with Crippen molar-refractivity contribution in [3.05, 3.63) is 96.1 Å². The molecule has 2 aromatic carbocycles. The minimum atomic E-state index is 0. The summed E-state index contributed by atoms with van der Waals surface area (Å²) in [4.78, 5) is 11.4. The van der Waals surface area contributed by atoms with E-state index >= 15 is 0 Å². The number of aryl methyl sites for hydroxylation is 2. The molecule has 112 heavy (non-hydrogen) atoms. The third-order valence-corrected chi connectivity index (χ3v) is 24.7. The van der Waals surface area contributed by atoms with Crippen LogP contribution in [0.3, 0.4) is 0 Å². The van der Waals surface area contributed by atoms with Gasteiger partial charge in [0.15, 0.2) is 0 Å². The third kappa shape index (κ3) is 76.3. The molecule has 2 aromatic rings. The van der Waals surface area contributed by atoms with Crippen molar-refractivity contribution in [2.24, 2.45) is 9.98 Å². The van der Waals surface area contributed by atoms with Crippen LogP contribution in [-0.2, 0) is 33.3 Å². The second-order valence-corrected chi connectivity index (χ2v) is 35.7. The van der Waals surface area contributed by atoms with E-state index in [1.807, 2.05) is 0 Å². The summed E-state index contributed by atoms with van der Waals surface area (Å²) in [5.41, 5.74) is 7.31. The largest absolute Gasteiger partial charge is 2.00 e. The van der Waals surface area contributed by atoms with Gasteiger partial charge >= 0.3 is 20.4 Å². The fraction of sp³-hybridized carbons (Fsp3) is 0.817. The van der Waals surface area contributed by atoms with Crippen molar-refractivity contribution in [1.29, 1.82) is 0 Å². The molecule has 0 radical (unpaired) electrons. The van der Waals surface area contributed by atoms with Gasteiger partial charge in [0.2, 0.25) is 0 Å². The fourth-order valence-electron chi connectivity index (χ4n) is 17.1. The molecule has 0 amide bonds. The Bertz CT molecular complexity index is 2300. The molecule has 0 saturated heterocycles. The summed E-state index contributed by atoms with van der Waals surface area (Å²) in [5.74, 6) is 0. The van der Waals surface area contributed by atoms with Crippen LogP contribution in [0.15, 0.2) is 95.0 Å². The summed E-state index contributed by atoms with van der Waals surface area (Å²) < 4.78 is 0. The summed E-state index contributed by atoms with van der Waals surface area (Å²) in [6.07, 6.45) is 133. The van der Waals surface area contributed by atoms with Gasteiger partial charge < -0.3 is 0 Å². The maximum atomic E-state index is 5.73. The monoisotopic (exact) mass is 1640 g/mol. The van der Waals surface area contributed by atoms with E-state index in [9.17, 15) is 0 Å². The van der Waals surface area contributed by atoms with Crippen molar-refractivity contribution in [2.75, 3.05) is 0 Å². The Morgan fingerprint density at radius 3 is 0.634 bits per heavy atom. The minimum Gasteiger partial charge on any atom is -0.251 e. The van der Waals surface area contributed by atoms with Crippen molar-refractivity contribution >= 4 is 22.8 Å². The number of unbranched alkanes of at least 4 members (excludes halogenated alkanes) is 76. The van der Waals surface area contributed by atoms with Crippen LogP contribution >= 0.6 is 0 Å². The minimum absolute atomic E-state index is 0. The quantitative estimate of drug-likeness (QED) is 0.0273. The Morgan fingerprint density at radius 2 is 0.393 bits per heavy atom. The van der Waals surface area contributed by atoms with Gasteiger partial charge in [0.1, 0.15) is 0 Å². The number of aliphatic imine (C=N–C) groups is 2. The van der Waals surface area contributed by atoms with Crippen LogP contribution in [0.4, 0.5) is 11.4 Å². The first kappa shape index (κ1) is 108. The number of nitrogens with zero attached hydrogens (tertiary/aromatic N) is 2. The Hall–Kier alpha value is -2.34. The Labute approximate surface area is 717 Å². The zero-order valence-electron chi connectivity index (χ0n) is 76.4. The van der Waals surface area contributed by atoms with Gasteiger partial charge in [-0.15, -0.1) is 0 Å². The molecule has 0 atom stereocenters. The van der Waals surface area contributed by atoms with Gasteiger partial charge in [0.25, 0.3) is 0 Å². The van der Waals surface area contributed by atoms with E-state index < -0.39 is 0 Å². The molecule has 3 heteroatoms. The molecular formula is C109H196N2Pd+2. The summed E-state index contributed by atoms with van der Waals surface area (Å²) in [7, 11) is 0. The number of allylic oxidation sites excluding steroid dienone is 6. The van der Waals surface area contributed by atoms with Gasteiger partial charge in [-0.2, -0.15) is 0 Å². The van der Waals surface area contributed by atoms with Gasteiger partial charge in [-0.3, -0.25) is 4.99 Å². The second-order valence-electron chi connectivity index (χ2n) is 35.7. The number of benzene rings is 2. The van der Waals surface area contributed by atoms with Crippen molar-refractivity contribution in [1.82, 2.24) is 0 Å². The molecular weight excluding hydrogens is 1440 g/mol. The van der Waals surface area contributed by atoms with Crippen molar-refractivity contribution in [3.63, 3.8) is 0 Å². The first-order valence-electron chi connectivity index (χ1n) is 51.5. The van der Waals surface area contributed by atoms with Gasteiger partial charge in [0, 0.05) is 0 Å². The standard InChI is InChI=1S/C109H196N2.Pd/c1-5-9-13-17-21-24-27-30-33-36-39-42-45-48-51-54-57-60-63-66-69-72-75-78-81-84-88-96-104-98-92-94-100-106(104)110-108(102-90-86-20-16-12-8-4)109(103-91-87-83-80-77-74-71-68-65-62-59-56-53-50-47-44-41-38-35-32-29-26-23-19-15-11-7-3)111-107-101-95-93-99-105(107)97-89-85-82-79-76-73-70-67-64-61-58-55-52-49-46-43-40-37-34-31-28-25-22-18-14-10-6-2;/h78-79,81-82,91-95,98-101,103H,5-77,80,83-90,96-97,102H2,1-4H3;/q;+2/b81-78+,82-79+,103-91+,110-108?,111-109?;. The van der Waals surface area contributed by atoms with E-state index in [0.717, 1.165) is 74.9 Å². The molecule has 0 heterocycles. The molecule has 0 aliphatic carbocycles. The van der Waals surface area contributed by atoms with E-state index in [4.69, 9.17) is 9.98 Å². The second kappa shape index (κ2) is 92.5. The van der Waals surface area contributed by atoms with Gasteiger partial charge in [-0.25, -0.2) is 4.99 Å². The van der Waals surface area contributed by atoms with Crippen LogP contribution in [0.25, 0.3) is 0 Å². The first-order chi connectivity index (χ1) is 55.2. The van der Waals surface area contributed by atoms with Crippen LogP contribution in [0.2, 0.25) is 0 Å². The molecule has 2 nitrogen and oxygen atoms in total. The van der Waals surface area contributed by atoms with E-state index in [0.29, 0.717) is 0 Å². The van der Waals surface area contributed by atoms with Crippen LogP contribution in [0.5, 0.6) is 0 Å². The maximum absolute atomic E-state index is 5.73. The van der Waals surface area contributed by atoms with Gasteiger partial charge in [-0.1, -0.05) is 550 Å². The molecule has 0 fully saturated rings. The van der Waals surface area contributed by atoms with Crippen molar-refractivity contribution < 1.29 is 20.4 Å². The molecule has 0 aliphatic heterocycles. The summed E-state index contributed by atoms with van der Waals surface area (Å²) in [5, 5.41) is 0. The molecule has 0 aliphatic rings. The van der Waals surface area contributed by atoms with Crippen LogP contribution in [-0.4, -0.2) is 11.4 Å². The topological polar surface area (TPSA) is 24.7 Å². The molecule has 0 N–H and O–H groups in total. The van der Waals surface area contributed by atoms with E-state index in [1.54, 1.807) is 0 Å². The van der Waals surface area contributed by atoms with Crippen LogP contribution in [0, 0.1) is 0 Å².